The smallest absolute Gasteiger partial charge is 0.319 e. The van der Waals surface area contributed by atoms with Gasteiger partial charge < -0.3 is 34.5 Å². The van der Waals surface area contributed by atoms with Crippen molar-refractivity contribution >= 4 is 34.2 Å². The van der Waals surface area contributed by atoms with Gasteiger partial charge in [0, 0.05) is 30.9 Å². The number of rotatable bonds is 9. The predicted octanol–water partition coefficient (Wildman–Crippen LogP) is 5.07. The van der Waals surface area contributed by atoms with E-state index in [2.05, 4.69) is 20.5 Å². The number of hydrogen-bond acceptors (Lipinski definition) is 7. The molecule has 36 heavy (non-hydrogen) atoms. The zero-order valence-electron chi connectivity index (χ0n) is 20.3. The maximum absolute atomic E-state index is 12.1. The van der Waals surface area contributed by atoms with Gasteiger partial charge in [-0.1, -0.05) is 11.6 Å². The second kappa shape index (κ2) is 10.7. The lowest BCUT2D eigenvalue weighted by atomic mass is 10.1. The first-order valence-corrected chi connectivity index (χ1v) is 12.4. The number of fused-ring (bicyclic) bond motifs is 3. The molecule has 0 unspecified atom stereocenters. The number of carbonyl (C=O) groups is 1. The number of urea groups is 1. The molecule has 3 aromatic rings. The van der Waals surface area contributed by atoms with Gasteiger partial charge in [0.05, 0.1) is 28.2 Å². The molecule has 0 atom stereocenters. The van der Waals surface area contributed by atoms with Gasteiger partial charge in [-0.05, 0) is 51.6 Å². The Hall–Kier alpha value is -3.43. The summed E-state index contributed by atoms with van der Waals surface area (Å²) in [6, 6.07) is 8.72. The third-order valence-electron chi connectivity index (χ3n) is 5.78. The van der Waals surface area contributed by atoms with Gasteiger partial charge in [-0.2, -0.15) is 0 Å². The van der Waals surface area contributed by atoms with Crippen molar-refractivity contribution in [2.24, 2.45) is 0 Å². The van der Waals surface area contributed by atoms with Gasteiger partial charge in [0.2, 0.25) is 5.75 Å². The summed E-state index contributed by atoms with van der Waals surface area (Å²) in [5.41, 5.74) is 1.17. The van der Waals surface area contributed by atoms with E-state index in [-0.39, 0.29) is 12.1 Å². The minimum absolute atomic E-state index is 0.257. The highest BCUT2D eigenvalue weighted by atomic mass is 35.5. The summed E-state index contributed by atoms with van der Waals surface area (Å²) < 4.78 is 24.2. The SMILES string of the molecule is CN(C)CCCOc1cc2nccc(Oc3ccc(NC(=O)NC4CC4)c(Cl)c3)c2c2c1OCCO2. The summed E-state index contributed by atoms with van der Waals surface area (Å²) in [6.07, 6.45) is 4.57. The molecule has 10 heteroatoms. The first-order chi connectivity index (χ1) is 17.5. The standard InChI is InChI=1S/C26H29ClN4O5/c1-31(2)10-3-11-33-22-15-20-23(25-24(22)34-12-13-35-25)21(8-9-28-20)36-17-6-7-19(18(27)14-17)30-26(32)29-16-4-5-16/h6-9,14-16H,3-5,10-13H2,1-2H3,(H2,29,30,32). The average molecular weight is 513 g/mol. The van der Waals surface area contributed by atoms with E-state index in [1.54, 1.807) is 30.5 Å². The second-order valence-corrected chi connectivity index (χ2v) is 9.46. The zero-order valence-corrected chi connectivity index (χ0v) is 21.1. The van der Waals surface area contributed by atoms with Gasteiger partial charge in [0.25, 0.3) is 0 Å². The van der Waals surface area contributed by atoms with Gasteiger partial charge in [0.15, 0.2) is 11.5 Å². The Bertz CT molecular complexity index is 1260. The molecule has 2 amide bonds. The van der Waals surface area contributed by atoms with Crippen molar-refractivity contribution in [3.8, 4) is 28.7 Å². The molecule has 2 aromatic carbocycles. The number of ether oxygens (including phenoxy) is 4. The van der Waals surface area contributed by atoms with Crippen molar-refractivity contribution in [1.29, 1.82) is 0 Å². The molecule has 1 aliphatic heterocycles. The molecule has 0 radical (unpaired) electrons. The first-order valence-electron chi connectivity index (χ1n) is 12.0. The lowest BCUT2D eigenvalue weighted by molar-refractivity contribution is 0.163. The van der Waals surface area contributed by atoms with Crippen LogP contribution in [0.2, 0.25) is 5.02 Å². The van der Waals surface area contributed by atoms with Crippen LogP contribution in [0.5, 0.6) is 28.7 Å². The Morgan fingerprint density at radius 1 is 1.14 bits per heavy atom. The summed E-state index contributed by atoms with van der Waals surface area (Å²) in [6.45, 7) is 2.32. The largest absolute Gasteiger partial charge is 0.489 e. The molecule has 2 N–H and O–H groups in total. The summed E-state index contributed by atoms with van der Waals surface area (Å²) >= 11 is 6.43. The minimum atomic E-state index is -0.267. The highest BCUT2D eigenvalue weighted by Gasteiger charge is 2.25. The van der Waals surface area contributed by atoms with Gasteiger partial charge in [-0.25, -0.2) is 4.79 Å². The van der Waals surface area contributed by atoms with Crippen LogP contribution in [-0.4, -0.2) is 62.4 Å². The molecule has 1 fully saturated rings. The maximum atomic E-state index is 12.1. The van der Waals surface area contributed by atoms with Crippen molar-refractivity contribution in [2.75, 3.05) is 45.8 Å². The van der Waals surface area contributed by atoms with Crippen molar-refractivity contribution in [1.82, 2.24) is 15.2 Å². The molecular formula is C26H29ClN4O5. The normalized spacial score (nSPS) is 14.6. The molecule has 1 saturated carbocycles. The molecule has 5 rings (SSSR count). The van der Waals surface area contributed by atoms with Crippen LogP contribution in [-0.2, 0) is 0 Å². The molecule has 0 spiro atoms. The lowest BCUT2D eigenvalue weighted by Gasteiger charge is -2.23. The van der Waals surface area contributed by atoms with Crippen LogP contribution < -0.4 is 29.6 Å². The topological polar surface area (TPSA) is 94.2 Å². The van der Waals surface area contributed by atoms with Crippen molar-refractivity contribution in [3.63, 3.8) is 0 Å². The van der Waals surface area contributed by atoms with Crippen LogP contribution in [0.4, 0.5) is 10.5 Å². The van der Waals surface area contributed by atoms with Gasteiger partial charge >= 0.3 is 6.03 Å². The molecular weight excluding hydrogens is 484 g/mol. The number of pyridine rings is 1. The van der Waals surface area contributed by atoms with E-state index in [1.165, 1.54) is 0 Å². The Labute approximate surface area is 214 Å². The number of carbonyl (C=O) groups excluding carboxylic acids is 1. The van der Waals surface area contributed by atoms with Crippen LogP contribution in [0.25, 0.3) is 10.9 Å². The molecule has 9 nitrogen and oxygen atoms in total. The van der Waals surface area contributed by atoms with E-state index in [0.717, 1.165) is 25.8 Å². The molecule has 1 aliphatic carbocycles. The van der Waals surface area contributed by atoms with Gasteiger partial charge in [0.1, 0.15) is 24.7 Å². The third kappa shape index (κ3) is 5.68. The van der Waals surface area contributed by atoms with Crippen LogP contribution in [0, 0.1) is 0 Å². The lowest BCUT2D eigenvalue weighted by Crippen LogP contribution is -2.30. The quantitative estimate of drug-likeness (QED) is 0.387. The third-order valence-corrected chi connectivity index (χ3v) is 6.09. The number of amides is 2. The molecule has 2 heterocycles. The number of aromatic nitrogens is 1. The van der Waals surface area contributed by atoms with Gasteiger partial charge in [-0.3, -0.25) is 4.98 Å². The fourth-order valence-electron chi connectivity index (χ4n) is 3.89. The van der Waals surface area contributed by atoms with Crippen LogP contribution in [0.15, 0.2) is 36.5 Å². The predicted molar refractivity (Wildman–Crippen MR) is 138 cm³/mol. The van der Waals surface area contributed by atoms with Crippen LogP contribution in [0.3, 0.4) is 0 Å². The molecule has 0 saturated heterocycles. The van der Waals surface area contributed by atoms with E-state index >= 15 is 0 Å². The number of hydrogen-bond donors (Lipinski definition) is 2. The summed E-state index contributed by atoms with van der Waals surface area (Å²) in [5, 5.41) is 6.71. The number of anilines is 1. The fraction of sp³-hybridized carbons (Fsp3) is 0.385. The number of benzene rings is 2. The van der Waals surface area contributed by atoms with Crippen LogP contribution >= 0.6 is 11.6 Å². The molecule has 1 aromatic heterocycles. The van der Waals surface area contributed by atoms with E-state index in [1.807, 2.05) is 20.2 Å². The monoisotopic (exact) mass is 512 g/mol. The fourth-order valence-corrected chi connectivity index (χ4v) is 4.11. The number of nitrogens with zero attached hydrogens (tertiary/aromatic N) is 2. The number of halogens is 1. The van der Waals surface area contributed by atoms with Crippen molar-refractivity contribution in [2.45, 2.75) is 25.3 Å². The highest BCUT2D eigenvalue weighted by molar-refractivity contribution is 6.33. The number of nitrogens with one attached hydrogen (secondary N) is 2. The molecule has 2 aliphatic rings. The van der Waals surface area contributed by atoms with Crippen molar-refractivity contribution in [3.05, 3.63) is 41.6 Å². The van der Waals surface area contributed by atoms with E-state index in [9.17, 15) is 4.79 Å². The van der Waals surface area contributed by atoms with Crippen LogP contribution in [0.1, 0.15) is 19.3 Å². The average Bonchev–Trinajstić information content (AvgIpc) is 3.67. The van der Waals surface area contributed by atoms with E-state index in [4.69, 9.17) is 30.5 Å². The Kier molecular flexibility index (Phi) is 7.20. The highest BCUT2D eigenvalue weighted by Crippen LogP contribution is 2.48. The second-order valence-electron chi connectivity index (χ2n) is 9.05. The summed E-state index contributed by atoms with van der Waals surface area (Å²) in [5.74, 6) is 2.75. The van der Waals surface area contributed by atoms with Crippen molar-refractivity contribution < 1.29 is 23.7 Å². The summed E-state index contributed by atoms with van der Waals surface area (Å²) in [4.78, 5) is 18.7. The Morgan fingerprint density at radius 2 is 1.94 bits per heavy atom. The van der Waals surface area contributed by atoms with E-state index < -0.39 is 0 Å². The molecule has 0 bridgehead atoms. The zero-order chi connectivity index (χ0) is 25.1. The van der Waals surface area contributed by atoms with Gasteiger partial charge in [-0.15, -0.1) is 0 Å². The Balaban J connectivity index is 1.39. The van der Waals surface area contributed by atoms with E-state index in [0.29, 0.717) is 70.2 Å². The summed E-state index contributed by atoms with van der Waals surface area (Å²) in [7, 11) is 4.06. The molecule has 190 valence electrons. The first kappa shape index (κ1) is 24.3. The maximum Gasteiger partial charge on any atom is 0.319 e. The minimum Gasteiger partial charge on any atom is -0.489 e. The Morgan fingerprint density at radius 3 is 2.69 bits per heavy atom.